The molecule has 0 radical (unpaired) electrons. The Hall–Kier alpha value is -1.05. The maximum absolute atomic E-state index is 12.8. The zero-order chi connectivity index (χ0) is 18.1. The topological polar surface area (TPSA) is 55.8 Å². The zero-order valence-electron chi connectivity index (χ0n) is 13.3. The van der Waals surface area contributed by atoms with Crippen LogP contribution in [-0.2, 0) is 0 Å². The van der Waals surface area contributed by atoms with Crippen LogP contribution in [0.2, 0.25) is 0 Å². The quantitative estimate of drug-likeness (QED) is 0.426. The Morgan fingerprint density at radius 3 is 2.60 bits per heavy atom. The van der Waals surface area contributed by atoms with Crippen LogP contribution in [-0.4, -0.2) is 28.9 Å². The van der Waals surface area contributed by atoms with Crippen LogP contribution in [0.4, 0.5) is 0 Å². The molecule has 1 N–H and O–H groups in total. The molecular formula is C18H15Br3O4. The summed E-state index contributed by atoms with van der Waals surface area (Å²) in [5, 5.41) is 10.1. The number of halogens is 3. The van der Waals surface area contributed by atoms with Gasteiger partial charge in [-0.05, 0) is 36.8 Å². The van der Waals surface area contributed by atoms with Gasteiger partial charge in [0.25, 0.3) is 0 Å². The number of rotatable bonds is 4. The first-order valence-corrected chi connectivity index (χ1v) is 10.2. The Morgan fingerprint density at radius 2 is 1.88 bits per heavy atom. The lowest BCUT2D eigenvalue weighted by Gasteiger charge is -2.25. The summed E-state index contributed by atoms with van der Waals surface area (Å²) in [6, 6.07) is 8.75. The highest BCUT2D eigenvalue weighted by Crippen LogP contribution is 2.45. The van der Waals surface area contributed by atoms with E-state index >= 15 is 0 Å². The van der Waals surface area contributed by atoms with Crippen molar-refractivity contribution in [2.24, 2.45) is 0 Å². The second kappa shape index (κ2) is 7.68. The fourth-order valence-electron chi connectivity index (χ4n) is 2.64. The van der Waals surface area contributed by atoms with E-state index < -0.39 is 4.83 Å². The second-order valence-electron chi connectivity index (χ2n) is 5.71. The van der Waals surface area contributed by atoms with Gasteiger partial charge in [0.1, 0.15) is 19.0 Å². The summed E-state index contributed by atoms with van der Waals surface area (Å²) in [5.41, 5.74) is 1.96. The third-order valence-electron chi connectivity index (χ3n) is 3.86. The van der Waals surface area contributed by atoms with Gasteiger partial charge in [0.2, 0.25) is 0 Å². The molecule has 3 rings (SSSR count). The predicted molar refractivity (Wildman–Crippen MR) is 107 cm³/mol. The number of phenols is 1. The Balaban J connectivity index is 1.94. The molecule has 7 heteroatoms. The highest BCUT2D eigenvalue weighted by atomic mass is 79.9. The Labute approximate surface area is 170 Å². The van der Waals surface area contributed by atoms with E-state index in [1.807, 2.05) is 19.1 Å². The lowest BCUT2D eigenvalue weighted by Crippen LogP contribution is -2.22. The number of Topliss-reactive ketones (excluding diaryl/α,β-unsaturated/α-hetero) is 1. The highest BCUT2D eigenvalue weighted by Gasteiger charge is 2.31. The number of ketones is 1. The van der Waals surface area contributed by atoms with Gasteiger partial charge in [-0.2, -0.15) is 0 Å². The van der Waals surface area contributed by atoms with E-state index in [0.717, 1.165) is 15.6 Å². The van der Waals surface area contributed by atoms with Crippen molar-refractivity contribution in [3.63, 3.8) is 0 Å². The molecule has 0 fully saturated rings. The molecule has 0 aromatic heterocycles. The summed E-state index contributed by atoms with van der Waals surface area (Å²) in [5.74, 6) is 1.03. The standard InChI is InChI=1S/C18H15Br3O4/c1-9-2-3-11(13(22)6-9)17(23)16(21)15(20)12-7-10(19)8-14-18(12)25-5-4-24-14/h2-3,6-8,15-16,22H,4-5H2,1H3/t15-,16-/m0/s1. The van der Waals surface area contributed by atoms with Crippen LogP contribution < -0.4 is 9.47 Å². The number of hydrogen-bond acceptors (Lipinski definition) is 4. The molecule has 0 bridgehead atoms. The second-order valence-corrected chi connectivity index (χ2v) is 8.60. The van der Waals surface area contributed by atoms with E-state index in [4.69, 9.17) is 9.47 Å². The van der Waals surface area contributed by atoms with Gasteiger partial charge in [-0.25, -0.2) is 0 Å². The molecular weight excluding hydrogens is 520 g/mol. The van der Waals surface area contributed by atoms with Crippen LogP contribution in [0, 0.1) is 6.92 Å². The number of fused-ring (bicyclic) bond motifs is 1. The number of benzene rings is 2. The summed E-state index contributed by atoms with van der Waals surface area (Å²) in [7, 11) is 0. The number of phenolic OH excluding ortho intramolecular Hbond substituents is 1. The molecule has 1 heterocycles. The van der Waals surface area contributed by atoms with Gasteiger partial charge in [-0.3, -0.25) is 4.79 Å². The first-order chi connectivity index (χ1) is 11.9. The van der Waals surface area contributed by atoms with E-state index in [0.29, 0.717) is 24.7 Å². The molecule has 132 valence electrons. The van der Waals surface area contributed by atoms with Crippen LogP contribution in [0.3, 0.4) is 0 Å². The summed E-state index contributed by atoms with van der Waals surface area (Å²) >= 11 is 10.5. The van der Waals surface area contributed by atoms with E-state index in [1.165, 1.54) is 0 Å². The molecule has 0 unspecified atom stereocenters. The molecule has 2 atom stereocenters. The average molecular weight is 535 g/mol. The summed E-state index contributed by atoms with van der Waals surface area (Å²) in [6.45, 7) is 2.81. The molecule has 0 aliphatic carbocycles. The lowest BCUT2D eigenvalue weighted by molar-refractivity contribution is 0.0987. The third-order valence-corrected chi connectivity index (χ3v) is 6.99. The zero-order valence-corrected chi connectivity index (χ0v) is 18.0. The largest absolute Gasteiger partial charge is 0.507 e. The van der Waals surface area contributed by atoms with Crippen molar-refractivity contribution in [3.8, 4) is 17.2 Å². The predicted octanol–water partition coefficient (Wildman–Crippen LogP) is 5.32. The summed E-state index contributed by atoms with van der Waals surface area (Å²) < 4.78 is 12.2. The Morgan fingerprint density at radius 1 is 1.16 bits per heavy atom. The highest BCUT2D eigenvalue weighted by molar-refractivity contribution is 9.12. The fourth-order valence-corrected chi connectivity index (χ4v) is 4.21. The van der Waals surface area contributed by atoms with E-state index in [1.54, 1.807) is 18.2 Å². The van der Waals surface area contributed by atoms with Gasteiger partial charge in [-0.15, -0.1) is 0 Å². The SMILES string of the molecule is Cc1ccc(C(=O)[C@@H](Br)[C@@H](Br)c2cc(Br)cc3c2OCCO3)c(O)c1. The minimum absolute atomic E-state index is 0.0231. The van der Waals surface area contributed by atoms with Gasteiger partial charge in [-0.1, -0.05) is 53.9 Å². The number of hydrogen-bond donors (Lipinski definition) is 1. The first kappa shape index (κ1) is 18.7. The maximum Gasteiger partial charge on any atom is 0.181 e. The fraction of sp³-hybridized carbons (Fsp3) is 0.278. The Bertz CT molecular complexity index is 822. The number of carbonyl (C=O) groups is 1. The molecule has 0 amide bonds. The molecule has 2 aromatic rings. The molecule has 2 aromatic carbocycles. The van der Waals surface area contributed by atoms with Crippen LogP contribution in [0.1, 0.15) is 26.3 Å². The third kappa shape index (κ3) is 3.88. The minimum atomic E-state index is -0.593. The van der Waals surface area contributed by atoms with Gasteiger partial charge in [0, 0.05) is 10.0 Å². The summed E-state index contributed by atoms with van der Waals surface area (Å²) in [4.78, 5) is 11.9. The number of ether oxygens (including phenoxy) is 2. The van der Waals surface area contributed by atoms with Crippen molar-refractivity contribution in [2.45, 2.75) is 16.6 Å². The smallest absolute Gasteiger partial charge is 0.181 e. The van der Waals surface area contributed by atoms with Crippen LogP contribution in [0.25, 0.3) is 0 Å². The summed E-state index contributed by atoms with van der Waals surface area (Å²) in [6.07, 6.45) is 0. The maximum atomic E-state index is 12.8. The van der Waals surface area contributed by atoms with Crippen LogP contribution >= 0.6 is 47.8 Å². The molecule has 4 nitrogen and oxygen atoms in total. The number of aromatic hydroxyl groups is 1. The van der Waals surface area contributed by atoms with Crippen LogP contribution in [0.15, 0.2) is 34.8 Å². The first-order valence-electron chi connectivity index (χ1n) is 7.59. The van der Waals surface area contributed by atoms with Crippen LogP contribution in [0.5, 0.6) is 17.2 Å². The molecule has 25 heavy (non-hydrogen) atoms. The van der Waals surface area contributed by atoms with Crippen molar-refractivity contribution in [1.82, 2.24) is 0 Å². The van der Waals surface area contributed by atoms with Gasteiger partial charge < -0.3 is 14.6 Å². The number of carbonyl (C=O) groups excluding carboxylic acids is 1. The minimum Gasteiger partial charge on any atom is -0.507 e. The van der Waals surface area contributed by atoms with Crippen molar-refractivity contribution in [2.75, 3.05) is 13.2 Å². The van der Waals surface area contributed by atoms with Gasteiger partial charge in [0.15, 0.2) is 17.3 Å². The van der Waals surface area contributed by atoms with Crippen molar-refractivity contribution < 1.29 is 19.4 Å². The van der Waals surface area contributed by atoms with Crippen molar-refractivity contribution in [3.05, 3.63) is 51.5 Å². The normalized spacial score (nSPS) is 15.5. The van der Waals surface area contributed by atoms with Crippen molar-refractivity contribution in [1.29, 1.82) is 0 Å². The molecule has 0 saturated heterocycles. The molecule has 1 aliphatic rings. The monoisotopic (exact) mass is 532 g/mol. The van der Waals surface area contributed by atoms with E-state index in [-0.39, 0.29) is 21.9 Å². The number of aryl methyl sites for hydroxylation is 1. The molecule has 1 aliphatic heterocycles. The van der Waals surface area contributed by atoms with Gasteiger partial charge >= 0.3 is 0 Å². The van der Waals surface area contributed by atoms with Crippen molar-refractivity contribution >= 4 is 53.6 Å². The van der Waals surface area contributed by atoms with Gasteiger partial charge in [0.05, 0.1) is 15.2 Å². The number of alkyl halides is 2. The van der Waals surface area contributed by atoms with E-state index in [9.17, 15) is 9.90 Å². The Kier molecular flexibility index (Phi) is 5.75. The molecule has 0 saturated carbocycles. The van der Waals surface area contributed by atoms with E-state index in [2.05, 4.69) is 47.8 Å². The lowest BCUT2D eigenvalue weighted by atomic mass is 10.00. The average Bonchev–Trinajstić information content (AvgIpc) is 2.59. The molecule has 0 spiro atoms.